The number of fused-ring (bicyclic) bond motifs is 1. The van der Waals surface area contributed by atoms with Gasteiger partial charge in [0.25, 0.3) is 5.91 Å². The molecule has 27 heavy (non-hydrogen) atoms. The summed E-state index contributed by atoms with van der Waals surface area (Å²) in [5, 5.41) is 5.78. The number of benzene rings is 2. The largest absolute Gasteiger partial charge is 0.475 e. The molecular formula is C20H19Cl2N3O2. The molecule has 2 aromatic carbocycles. The van der Waals surface area contributed by atoms with Crippen molar-refractivity contribution in [3.63, 3.8) is 0 Å². The second kappa shape index (κ2) is 7.89. The van der Waals surface area contributed by atoms with Crippen LogP contribution in [0.5, 0.6) is 5.88 Å². The van der Waals surface area contributed by atoms with Gasteiger partial charge < -0.3 is 4.74 Å². The fourth-order valence-electron chi connectivity index (χ4n) is 3.36. The van der Waals surface area contributed by atoms with Gasteiger partial charge in [0.05, 0.1) is 26.5 Å². The number of nitrogens with zero attached hydrogens (tertiary/aromatic N) is 3. The molecule has 1 saturated heterocycles. The maximum Gasteiger partial charge on any atom is 0.280 e. The van der Waals surface area contributed by atoms with Crippen molar-refractivity contribution in [1.29, 1.82) is 0 Å². The Kier molecular flexibility index (Phi) is 5.34. The molecule has 7 heteroatoms. The third-order valence-electron chi connectivity index (χ3n) is 4.77. The summed E-state index contributed by atoms with van der Waals surface area (Å²) in [6.07, 6.45) is 2.49. The van der Waals surface area contributed by atoms with E-state index in [4.69, 9.17) is 27.9 Å². The quantitative estimate of drug-likeness (QED) is 0.628. The van der Waals surface area contributed by atoms with Gasteiger partial charge >= 0.3 is 0 Å². The lowest BCUT2D eigenvalue weighted by Gasteiger charge is -2.13. The zero-order chi connectivity index (χ0) is 18.8. The lowest BCUT2D eigenvalue weighted by atomic mass is 10.2. The van der Waals surface area contributed by atoms with Crippen LogP contribution in [0.3, 0.4) is 0 Å². The summed E-state index contributed by atoms with van der Waals surface area (Å²) < 4.78 is 7.25. The van der Waals surface area contributed by atoms with Crippen LogP contribution in [-0.2, 0) is 0 Å². The lowest BCUT2D eigenvalue weighted by Crippen LogP contribution is -2.25. The van der Waals surface area contributed by atoms with E-state index in [2.05, 4.69) is 10.00 Å². The summed E-state index contributed by atoms with van der Waals surface area (Å²) in [5.74, 6) is 0.115. The zero-order valence-electron chi connectivity index (χ0n) is 14.7. The fraction of sp³-hybridized carbons (Fsp3) is 0.300. The summed E-state index contributed by atoms with van der Waals surface area (Å²) in [6.45, 7) is 3.62. The predicted octanol–water partition coefficient (Wildman–Crippen LogP) is 4.51. The molecule has 1 fully saturated rings. The highest BCUT2D eigenvalue weighted by molar-refractivity contribution is 6.44. The first-order valence-electron chi connectivity index (χ1n) is 8.97. The number of likely N-dealkylation sites (tertiary alicyclic amines) is 1. The van der Waals surface area contributed by atoms with Crippen LogP contribution < -0.4 is 4.74 Å². The van der Waals surface area contributed by atoms with E-state index in [0.29, 0.717) is 28.6 Å². The number of aromatic nitrogens is 2. The number of ether oxygens (including phenoxy) is 1. The van der Waals surface area contributed by atoms with Crippen molar-refractivity contribution >= 4 is 40.0 Å². The van der Waals surface area contributed by atoms with Crippen LogP contribution in [-0.4, -0.2) is 46.8 Å². The standard InChI is InChI=1S/C20H19Cl2N3O2/c21-16-8-5-7-15(18(16)22)20(26)25-17-9-2-1-6-14(17)19(23-25)27-13-12-24-10-3-4-11-24/h1-2,5-9H,3-4,10-13H2. The van der Waals surface area contributed by atoms with Gasteiger partial charge in [0.1, 0.15) is 6.61 Å². The van der Waals surface area contributed by atoms with Gasteiger partial charge in [-0.3, -0.25) is 9.69 Å². The van der Waals surface area contributed by atoms with Crippen molar-refractivity contribution in [3.05, 3.63) is 58.1 Å². The van der Waals surface area contributed by atoms with Gasteiger partial charge in [0.2, 0.25) is 5.88 Å². The maximum atomic E-state index is 13.0. The van der Waals surface area contributed by atoms with Crippen LogP contribution in [0, 0.1) is 0 Å². The maximum absolute atomic E-state index is 13.0. The number of rotatable bonds is 5. The molecule has 1 aliphatic rings. The molecule has 3 aromatic rings. The van der Waals surface area contributed by atoms with Gasteiger partial charge in [-0.05, 0) is 50.2 Å². The van der Waals surface area contributed by atoms with Crippen molar-refractivity contribution in [2.45, 2.75) is 12.8 Å². The molecule has 0 radical (unpaired) electrons. The van der Waals surface area contributed by atoms with Crippen molar-refractivity contribution < 1.29 is 9.53 Å². The van der Waals surface area contributed by atoms with Crippen LogP contribution in [0.2, 0.25) is 10.0 Å². The van der Waals surface area contributed by atoms with Gasteiger partial charge in [-0.1, -0.05) is 41.4 Å². The van der Waals surface area contributed by atoms with Crippen LogP contribution in [0.25, 0.3) is 10.9 Å². The average Bonchev–Trinajstić information content (AvgIpc) is 3.32. The van der Waals surface area contributed by atoms with Gasteiger partial charge in [0, 0.05) is 6.54 Å². The Morgan fingerprint density at radius 2 is 1.85 bits per heavy atom. The Morgan fingerprint density at radius 1 is 1.07 bits per heavy atom. The van der Waals surface area contributed by atoms with E-state index in [0.717, 1.165) is 25.0 Å². The van der Waals surface area contributed by atoms with E-state index in [9.17, 15) is 4.79 Å². The first-order chi connectivity index (χ1) is 13.1. The SMILES string of the molecule is O=C(c1cccc(Cl)c1Cl)n1nc(OCCN2CCCC2)c2ccccc21. The molecule has 0 atom stereocenters. The minimum absolute atomic E-state index is 0.222. The van der Waals surface area contributed by atoms with Crippen molar-refractivity contribution in [3.8, 4) is 5.88 Å². The third-order valence-corrected chi connectivity index (χ3v) is 5.59. The molecule has 5 nitrogen and oxygen atoms in total. The normalized spacial score (nSPS) is 14.7. The number of hydrogen-bond acceptors (Lipinski definition) is 4. The Morgan fingerprint density at radius 3 is 2.67 bits per heavy atom. The molecular weight excluding hydrogens is 385 g/mol. The molecule has 0 saturated carbocycles. The highest BCUT2D eigenvalue weighted by Crippen LogP contribution is 2.29. The number of carbonyl (C=O) groups is 1. The van der Waals surface area contributed by atoms with Gasteiger partial charge in [-0.25, -0.2) is 0 Å². The molecule has 1 aromatic heterocycles. The van der Waals surface area contributed by atoms with E-state index in [-0.39, 0.29) is 10.9 Å². The van der Waals surface area contributed by atoms with Crippen molar-refractivity contribution in [1.82, 2.24) is 14.7 Å². The summed E-state index contributed by atoms with van der Waals surface area (Å²) in [5.41, 5.74) is 0.982. The Bertz CT molecular complexity index is 981. The lowest BCUT2D eigenvalue weighted by molar-refractivity contribution is 0.0947. The smallest absolute Gasteiger partial charge is 0.280 e. The van der Waals surface area contributed by atoms with E-state index in [1.165, 1.54) is 17.5 Å². The van der Waals surface area contributed by atoms with Gasteiger partial charge in [-0.2, -0.15) is 4.68 Å². The topological polar surface area (TPSA) is 47.4 Å². The molecule has 0 amide bonds. The highest BCUT2D eigenvalue weighted by atomic mass is 35.5. The summed E-state index contributed by atoms with van der Waals surface area (Å²) >= 11 is 12.3. The number of halogens is 2. The van der Waals surface area contributed by atoms with Gasteiger partial charge in [0.15, 0.2) is 0 Å². The van der Waals surface area contributed by atoms with Crippen molar-refractivity contribution in [2.75, 3.05) is 26.2 Å². The fourth-order valence-corrected chi connectivity index (χ4v) is 3.74. The molecule has 0 unspecified atom stereocenters. The van der Waals surface area contributed by atoms with E-state index >= 15 is 0 Å². The first kappa shape index (κ1) is 18.3. The monoisotopic (exact) mass is 403 g/mol. The number of para-hydroxylation sites is 1. The highest BCUT2D eigenvalue weighted by Gasteiger charge is 2.21. The van der Waals surface area contributed by atoms with Crippen LogP contribution in [0.15, 0.2) is 42.5 Å². The van der Waals surface area contributed by atoms with Crippen LogP contribution in [0.1, 0.15) is 23.2 Å². The molecule has 0 spiro atoms. The molecule has 140 valence electrons. The second-order valence-electron chi connectivity index (χ2n) is 6.54. The predicted molar refractivity (Wildman–Crippen MR) is 107 cm³/mol. The second-order valence-corrected chi connectivity index (χ2v) is 7.32. The van der Waals surface area contributed by atoms with E-state index in [1.54, 1.807) is 18.2 Å². The molecule has 0 bridgehead atoms. The van der Waals surface area contributed by atoms with E-state index in [1.807, 2.05) is 24.3 Å². The van der Waals surface area contributed by atoms with Gasteiger partial charge in [-0.15, -0.1) is 5.10 Å². The minimum Gasteiger partial charge on any atom is -0.475 e. The zero-order valence-corrected chi connectivity index (χ0v) is 16.2. The van der Waals surface area contributed by atoms with Crippen LogP contribution in [0.4, 0.5) is 0 Å². The van der Waals surface area contributed by atoms with Crippen LogP contribution >= 0.6 is 23.2 Å². The number of hydrogen-bond donors (Lipinski definition) is 0. The molecule has 1 aliphatic heterocycles. The Hall–Kier alpha value is -2.08. The summed E-state index contributed by atoms with van der Waals surface area (Å²) in [6, 6.07) is 12.5. The molecule has 2 heterocycles. The summed E-state index contributed by atoms with van der Waals surface area (Å²) in [7, 11) is 0. The summed E-state index contributed by atoms with van der Waals surface area (Å²) in [4.78, 5) is 15.4. The number of carbonyl (C=O) groups excluding carboxylic acids is 1. The molecule has 4 rings (SSSR count). The Labute approximate surface area is 167 Å². The third kappa shape index (κ3) is 3.68. The first-order valence-corrected chi connectivity index (χ1v) is 9.72. The van der Waals surface area contributed by atoms with E-state index < -0.39 is 0 Å². The van der Waals surface area contributed by atoms with Crippen molar-refractivity contribution in [2.24, 2.45) is 0 Å². The Balaban J connectivity index is 1.63. The molecule has 0 aliphatic carbocycles. The molecule has 0 N–H and O–H groups in total. The average molecular weight is 404 g/mol. The minimum atomic E-state index is -0.340.